The second-order valence-electron chi connectivity index (χ2n) is 5.97. The fourth-order valence-electron chi connectivity index (χ4n) is 3.31. The average molecular weight is 290 g/mol. The van der Waals surface area contributed by atoms with Gasteiger partial charge in [0.2, 0.25) is 0 Å². The van der Waals surface area contributed by atoms with Crippen LogP contribution in [0.2, 0.25) is 0 Å². The maximum atomic E-state index is 13.2. The van der Waals surface area contributed by atoms with Crippen LogP contribution < -0.4 is 0 Å². The van der Waals surface area contributed by atoms with Gasteiger partial charge in [-0.1, -0.05) is 6.92 Å². The highest BCUT2D eigenvalue weighted by Gasteiger charge is 2.24. The molecular weight excluding hydrogens is 267 g/mol. The molecule has 21 heavy (non-hydrogen) atoms. The van der Waals surface area contributed by atoms with E-state index in [1.165, 1.54) is 31.5 Å². The number of aromatic amines is 1. The Kier molecular flexibility index (Phi) is 4.22. The van der Waals surface area contributed by atoms with Gasteiger partial charge in [-0.3, -0.25) is 9.80 Å². The summed E-state index contributed by atoms with van der Waals surface area (Å²) >= 11 is 0. The Morgan fingerprint density at radius 3 is 3.14 bits per heavy atom. The van der Waals surface area contributed by atoms with Crippen molar-refractivity contribution in [2.45, 2.75) is 32.4 Å². The lowest BCUT2D eigenvalue weighted by atomic mass is 10.2. The Labute approximate surface area is 125 Å². The van der Waals surface area contributed by atoms with Crippen molar-refractivity contribution in [1.29, 1.82) is 0 Å². The van der Waals surface area contributed by atoms with Gasteiger partial charge in [-0.05, 0) is 51.2 Å². The highest BCUT2D eigenvalue weighted by atomic mass is 19.1. The molecule has 2 aromatic rings. The maximum absolute atomic E-state index is 13.2. The lowest BCUT2D eigenvalue weighted by Crippen LogP contribution is -2.38. The molecule has 0 radical (unpaired) electrons. The summed E-state index contributed by atoms with van der Waals surface area (Å²) in [6.45, 7) is 6.40. The van der Waals surface area contributed by atoms with Gasteiger partial charge in [0, 0.05) is 12.6 Å². The number of H-pyrrole nitrogens is 1. The maximum Gasteiger partial charge on any atom is 0.125 e. The lowest BCUT2D eigenvalue weighted by Gasteiger charge is -2.27. The average Bonchev–Trinajstić information content (AvgIpc) is 3.03. The largest absolute Gasteiger partial charge is 0.341 e. The molecule has 0 saturated carbocycles. The predicted molar refractivity (Wildman–Crippen MR) is 82.7 cm³/mol. The van der Waals surface area contributed by atoms with Crippen LogP contribution in [0, 0.1) is 5.82 Å². The van der Waals surface area contributed by atoms with Gasteiger partial charge in [0.25, 0.3) is 0 Å². The summed E-state index contributed by atoms with van der Waals surface area (Å²) in [5.74, 6) is 0.676. The molecule has 1 aromatic carbocycles. The van der Waals surface area contributed by atoms with Crippen LogP contribution in [0.3, 0.4) is 0 Å². The molecule has 114 valence electrons. The van der Waals surface area contributed by atoms with Gasteiger partial charge in [-0.25, -0.2) is 9.37 Å². The molecule has 1 N–H and O–H groups in total. The van der Waals surface area contributed by atoms with E-state index in [-0.39, 0.29) is 5.82 Å². The highest BCUT2D eigenvalue weighted by Crippen LogP contribution is 2.18. The van der Waals surface area contributed by atoms with Crippen molar-refractivity contribution in [3.8, 4) is 0 Å². The zero-order valence-electron chi connectivity index (χ0n) is 12.8. The van der Waals surface area contributed by atoms with Gasteiger partial charge in [0.15, 0.2) is 0 Å². The minimum Gasteiger partial charge on any atom is -0.341 e. The first-order valence-corrected chi connectivity index (χ1v) is 7.72. The first kappa shape index (κ1) is 14.5. The molecule has 5 heteroatoms. The van der Waals surface area contributed by atoms with Gasteiger partial charge in [-0.2, -0.15) is 0 Å². The van der Waals surface area contributed by atoms with E-state index >= 15 is 0 Å². The Morgan fingerprint density at radius 1 is 1.48 bits per heavy atom. The molecule has 0 bridgehead atoms. The normalized spacial score (nSPS) is 19.9. The smallest absolute Gasteiger partial charge is 0.125 e. The van der Waals surface area contributed by atoms with E-state index in [4.69, 9.17) is 0 Å². The Bertz CT molecular complexity index is 609. The number of likely N-dealkylation sites (tertiary alicyclic amines) is 1. The third-order valence-electron chi connectivity index (χ3n) is 4.34. The fourth-order valence-corrected chi connectivity index (χ4v) is 3.31. The number of likely N-dealkylation sites (N-methyl/N-ethyl adjacent to an activating group) is 2. The molecule has 0 spiro atoms. The lowest BCUT2D eigenvalue weighted by molar-refractivity contribution is 0.193. The molecule has 0 aliphatic carbocycles. The Hall–Kier alpha value is -1.46. The van der Waals surface area contributed by atoms with Crippen molar-refractivity contribution in [3.63, 3.8) is 0 Å². The number of halogens is 1. The zero-order valence-corrected chi connectivity index (χ0v) is 12.8. The highest BCUT2D eigenvalue weighted by molar-refractivity contribution is 5.74. The molecule has 0 amide bonds. The molecule has 4 nitrogen and oxygen atoms in total. The Balaban J connectivity index is 1.64. The number of nitrogens with zero attached hydrogens (tertiary/aromatic N) is 3. The summed E-state index contributed by atoms with van der Waals surface area (Å²) in [6.07, 6.45) is 2.58. The van der Waals surface area contributed by atoms with Crippen LogP contribution in [0.15, 0.2) is 18.2 Å². The van der Waals surface area contributed by atoms with Crippen molar-refractivity contribution < 1.29 is 4.39 Å². The van der Waals surface area contributed by atoms with Crippen LogP contribution in [-0.2, 0) is 6.54 Å². The molecule has 3 rings (SSSR count). The molecule has 1 aliphatic heterocycles. The number of aromatic nitrogens is 2. The zero-order chi connectivity index (χ0) is 14.8. The molecular formula is C16H23FN4. The minimum atomic E-state index is -0.226. The van der Waals surface area contributed by atoms with Gasteiger partial charge >= 0.3 is 0 Å². The monoisotopic (exact) mass is 290 g/mol. The number of benzene rings is 1. The van der Waals surface area contributed by atoms with Crippen LogP contribution in [0.5, 0.6) is 0 Å². The topological polar surface area (TPSA) is 35.2 Å². The molecule has 1 aromatic heterocycles. The number of hydrogen-bond donors (Lipinski definition) is 1. The second-order valence-corrected chi connectivity index (χ2v) is 5.97. The van der Waals surface area contributed by atoms with Gasteiger partial charge in [-0.15, -0.1) is 0 Å². The van der Waals surface area contributed by atoms with Gasteiger partial charge in [0.05, 0.1) is 17.6 Å². The van der Waals surface area contributed by atoms with Crippen molar-refractivity contribution in [3.05, 3.63) is 29.8 Å². The number of imidazole rings is 1. The third kappa shape index (κ3) is 3.24. The van der Waals surface area contributed by atoms with E-state index in [1.54, 1.807) is 6.07 Å². The second kappa shape index (κ2) is 6.12. The number of rotatable bonds is 5. The Morgan fingerprint density at radius 2 is 2.33 bits per heavy atom. The molecule has 0 unspecified atom stereocenters. The van der Waals surface area contributed by atoms with E-state index in [0.29, 0.717) is 6.04 Å². The van der Waals surface area contributed by atoms with Gasteiger partial charge in [0.1, 0.15) is 11.6 Å². The summed E-state index contributed by atoms with van der Waals surface area (Å²) in [6, 6.07) is 5.33. The number of hydrogen-bond acceptors (Lipinski definition) is 3. The van der Waals surface area contributed by atoms with E-state index in [1.807, 2.05) is 0 Å². The summed E-state index contributed by atoms with van der Waals surface area (Å²) in [5.41, 5.74) is 1.60. The summed E-state index contributed by atoms with van der Waals surface area (Å²) in [4.78, 5) is 12.6. The van der Waals surface area contributed by atoms with Crippen molar-refractivity contribution in [2.75, 3.05) is 26.7 Å². The summed E-state index contributed by atoms with van der Waals surface area (Å²) in [5, 5.41) is 0. The number of fused-ring (bicyclic) bond motifs is 1. The van der Waals surface area contributed by atoms with Crippen LogP contribution >= 0.6 is 0 Å². The minimum absolute atomic E-state index is 0.226. The molecule has 1 saturated heterocycles. The molecule has 1 fully saturated rings. The van der Waals surface area contributed by atoms with E-state index < -0.39 is 0 Å². The number of nitrogens with one attached hydrogen (secondary N) is 1. The van der Waals surface area contributed by atoms with Crippen LogP contribution in [0.1, 0.15) is 25.6 Å². The van der Waals surface area contributed by atoms with Crippen molar-refractivity contribution >= 4 is 11.0 Å². The first-order chi connectivity index (χ1) is 10.2. The van der Waals surface area contributed by atoms with E-state index in [0.717, 1.165) is 36.5 Å². The van der Waals surface area contributed by atoms with Crippen LogP contribution in [0.25, 0.3) is 11.0 Å². The third-order valence-corrected chi connectivity index (χ3v) is 4.34. The SMILES string of the molecule is CCN1CCC[C@@H]1CN(C)Cc1nc2ccc(F)cc2[nH]1. The quantitative estimate of drug-likeness (QED) is 0.919. The summed E-state index contributed by atoms with van der Waals surface area (Å²) < 4.78 is 13.2. The van der Waals surface area contributed by atoms with Crippen molar-refractivity contribution in [1.82, 2.24) is 19.8 Å². The molecule has 1 aliphatic rings. The standard InChI is InChI=1S/C16H23FN4/c1-3-21-8-4-5-13(21)10-20(2)11-16-18-14-7-6-12(17)9-15(14)19-16/h6-7,9,13H,3-5,8,10-11H2,1-2H3,(H,18,19)/t13-/m1/s1. The van der Waals surface area contributed by atoms with Crippen LogP contribution in [-0.4, -0.2) is 52.5 Å². The summed E-state index contributed by atoms with van der Waals surface area (Å²) in [7, 11) is 2.12. The fraction of sp³-hybridized carbons (Fsp3) is 0.562. The van der Waals surface area contributed by atoms with Crippen molar-refractivity contribution in [2.24, 2.45) is 0 Å². The predicted octanol–water partition coefficient (Wildman–Crippen LogP) is 2.62. The first-order valence-electron chi connectivity index (χ1n) is 7.72. The van der Waals surface area contributed by atoms with Gasteiger partial charge < -0.3 is 4.98 Å². The van der Waals surface area contributed by atoms with E-state index in [9.17, 15) is 4.39 Å². The molecule has 2 heterocycles. The van der Waals surface area contributed by atoms with E-state index in [2.05, 4.69) is 33.7 Å². The molecule has 1 atom stereocenters. The van der Waals surface area contributed by atoms with Crippen LogP contribution in [0.4, 0.5) is 4.39 Å².